The van der Waals surface area contributed by atoms with Crippen LogP contribution >= 0.6 is 0 Å². The third kappa shape index (κ3) is 2.35. The molecule has 2 N–H and O–H groups in total. The molecule has 96 valence electrons. The maximum absolute atomic E-state index is 6.22. The number of aromatic nitrogens is 3. The van der Waals surface area contributed by atoms with Crippen LogP contribution in [0.1, 0.15) is 17.4 Å². The first-order valence-electron chi connectivity index (χ1n) is 6.32. The molecule has 0 radical (unpaired) electrons. The molecule has 0 aliphatic carbocycles. The SMILES string of the molecule is Cn1nccc1C(N)Cc1ccc2ccccc2n1. The predicted molar refractivity (Wildman–Crippen MR) is 75.6 cm³/mol. The number of nitrogens with zero attached hydrogens (tertiary/aromatic N) is 3. The molecule has 1 unspecified atom stereocenters. The molecule has 4 heteroatoms. The van der Waals surface area contributed by atoms with Crippen molar-refractivity contribution in [3.63, 3.8) is 0 Å². The molecule has 1 atom stereocenters. The highest BCUT2D eigenvalue weighted by Crippen LogP contribution is 2.17. The molecule has 2 aromatic heterocycles. The third-order valence-corrected chi connectivity index (χ3v) is 3.32. The second-order valence-electron chi connectivity index (χ2n) is 4.69. The molecule has 0 fully saturated rings. The van der Waals surface area contributed by atoms with Crippen molar-refractivity contribution in [2.24, 2.45) is 12.8 Å². The number of hydrogen-bond acceptors (Lipinski definition) is 3. The van der Waals surface area contributed by atoms with Gasteiger partial charge in [0.15, 0.2) is 0 Å². The molecule has 0 spiro atoms. The van der Waals surface area contributed by atoms with Crippen LogP contribution in [0.4, 0.5) is 0 Å². The Morgan fingerprint density at radius 2 is 2.00 bits per heavy atom. The zero-order valence-corrected chi connectivity index (χ0v) is 10.8. The second-order valence-corrected chi connectivity index (χ2v) is 4.69. The van der Waals surface area contributed by atoms with Gasteiger partial charge in [0.1, 0.15) is 0 Å². The lowest BCUT2D eigenvalue weighted by Gasteiger charge is -2.12. The third-order valence-electron chi connectivity index (χ3n) is 3.32. The van der Waals surface area contributed by atoms with Gasteiger partial charge in [0.25, 0.3) is 0 Å². The Balaban J connectivity index is 1.87. The maximum atomic E-state index is 6.22. The summed E-state index contributed by atoms with van der Waals surface area (Å²) < 4.78 is 1.81. The normalized spacial score (nSPS) is 12.7. The van der Waals surface area contributed by atoms with E-state index < -0.39 is 0 Å². The van der Waals surface area contributed by atoms with E-state index in [1.54, 1.807) is 6.20 Å². The van der Waals surface area contributed by atoms with E-state index in [1.807, 2.05) is 42.1 Å². The van der Waals surface area contributed by atoms with Crippen molar-refractivity contribution in [3.05, 3.63) is 60.0 Å². The van der Waals surface area contributed by atoms with Crippen molar-refractivity contribution < 1.29 is 0 Å². The van der Waals surface area contributed by atoms with E-state index in [9.17, 15) is 0 Å². The Hall–Kier alpha value is -2.20. The Bertz CT molecular complexity index is 702. The summed E-state index contributed by atoms with van der Waals surface area (Å²) in [6.45, 7) is 0. The van der Waals surface area contributed by atoms with Crippen LogP contribution in [-0.4, -0.2) is 14.8 Å². The van der Waals surface area contributed by atoms with E-state index in [4.69, 9.17) is 5.73 Å². The summed E-state index contributed by atoms with van der Waals surface area (Å²) in [4.78, 5) is 4.65. The number of rotatable bonds is 3. The summed E-state index contributed by atoms with van der Waals surface area (Å²) in [7, 11) is 1.91. The molecule has 1 aromatic carbocycles. The molecule has 0 saturated heterocycles. The summed E-state index contributed by atoms with van der Waals surface area (Å²) in [6, 6.07) is 14.1. The van der Waals surface area contributed by atoms with Crippen LogP contribution in [-0.2, 0) is 13.5 Å². The van der Waals surface area contributed by atoms with Crippen LogP contribution in [0, 0.1) is 0 Å². The molecule has 3 aromatic rings. The molecule has 0 aliphatic heterocycles. The molecule has 0 saturated carbocycles. The number of fused-ring (bicyclic) bond motifs is 1. The number of aryl methyl sites for hydroxylation is 1. The van der Waals surface area contributed by atoms with Crippen molar-refractivity contribution in [1.82, 2.24) is 14.8 Å². The summed E-state index contributed by atoms with van der Waals surface area (Å²) in [5, 5.41) is 5.30. The number of para-hydroxylation sites is 1. The second kappa shape index (κ2) is 4.82. The lowest BCUT2D eigenvalue weighted by atomic mass is 10.1. The minimum absolute atomic E-state index is 0.0823. The number of pyridine rings is 1. The molecule has 4 nitrogen and oxygen atoms in total. The first-order chi connectivity index (χ1) is 9.24. The minimum Gasteiger partial charge on any atom is -0.322 e. The lowest BCUT2D eigenvalue weighted by Crippen LogP contribution is -2.17. The average molecular weight is 252 g/mol. The maximum Gasteiger partial charge on any atom is 0.0705 e. The van der Waals surface area contributed by atoms with Gasteiger partial charge < -0.3 is 5.73 Å². The standard InChI is InChI=1S/C15H16N4/c1-19-15(8-9-17-19)13(16)10-12-7-6-11-4-2-3-5-14(11)18-12/h2-9,13H,10,16H2,1H3. The Morgan fingerprint density at radius 3 is 2.79 bits per heavy atom. The molecule has 19 heavy (non-hydrogen) atoms. The quantitative estimate of drug-likeness (QED) is 0.777. The monoisotopic (exact) mass is 252 g/mol. The van der Waals surface area contributed by atoms with E-state index in [0.717, 1.165) is 22.3 Å². The fourth-order valence-electron chi connectivity index (χ4n) is 2.30. The fraction of sp³-hybridized carbons (Fsp3) is 0.200. The smallest absolute Gasteiger partial charge is 0.0705 e. The molecule has 3 rings (SSSR count). The summed E-state index contributed by atoms with van der Waals surface area (Å²) in [5.74, 6) is 0. The summed E-state index contributed by atoms with van der Waals surface area (Å²) in [5.41, 5.74) is 9.26. The van der Waals surface area contributed by atoms with Crippen LogP contribution in [0.15, 0.2) is 48.7 Å². The Labute approximate surface area is 111 Å². The van der Waals surface area contributed by atoms with Gasteiger partial charge in [-0.1, -0.05) is 24.3 Å². The fourth-order valence-corrected chi connectivity index (χ4v) is 2.30. The topological polar surface area (TPSA) is 56.7 Å². The van der Waals surface area contributed by atoms with Gasteiger partial charge in [-0.2, -0.15) is 5.10 Å². The minimum atomic E-state index is -0.0823. The van der Waals surface area contributed by atoms with Crippen molar-refractivity contribution in [1.29, 1.82) is 0 Å². The lowest BCUT2D eigenvalue weighted by molar-refractivity contribution is 0.612. The van der Waals surface area contributed by atoms with E-state index in [1.165, 1.54) is 0 Å². The number of nitrogens with two attached hydrogens (primary N) is 1. The number of hydrogen-bond donors (Lipinski definition) is 1. The van der Waals surface area contributed by atoms with E-state index >= 15 is 0 Å². The zero-order chi connectivity index (χ0) is 13.2. The highest BCUT2D eigenvalue weighted by atomic mass is 15.3. The van der Waals surface area contributed by atoms with Gasteiger partial charge in [0, 0.05) is 30.7 Å². The molecular formula is C15H16N4. The average Bonchev–Trinajstić information content (AvgIpc) is 2.85. The Kier molecular flexibility index (Phi) is 3.01. The van der Waals surface area contributed by atoms with E-state index in [-0.39, 0.29) is 6.04 Å². The zero-order valence-electron chi connectivity index (χ0n) is 10.8. The highest BCUT2D eigenvalue weighted by molar-refractivity contribution is 5.78. The van der Waals surface area contributed by atoms with Gasteiger partial charge in [-0.05, 0) is 18.2 Å². The van der Waals surface area contributed by atoms with Gasteiger partial charge in [-0.15, -0.1) is 0 Å². The number of benzene rings is 1. The van der Waals surface area contributed by atoms with Crippen molar-refractivity contribution >= 4 is 10.9 Å². The first-order valence-corrected chi connectivity index (χ1v) is 6.32. The summed E-state index contributed by atoms with van der Waals surface area (Å²) >= 11 is 0. The van der Waals surface area contributed by atoms with Gasteiger partial charge in [0.2, 0.25) is 0 Å². The van der Waals surface area contributed by atoms with Crippen molar-refractivity contribution in [3.8, 4) is 0 Å². The first kappa shape index (κ1) is 11.9. The largest absolute Gasteiger partial charge is 0.322 e. The molecule has 0 amide bonds. The van der Waals surface area contributed by atoms with Crippen LogP contribution in [0.3, 0.4) is 0 Å². The predicted octanol–water partition coefficient (Wildman–Crippen LogP) is 2.21. The highest BCUT2D eigenvalue weighted by Gasteiger charge is 2.11. The molecule has 0 aliphatic rings. The van der Waals surface area contributed by atoms with Crippen LogP contribution in [0.25, 0.3) is 10.9 Å². The van der Waals surface area contributed by atoms with Crippen molar-refractivity contribution in [2.75, 3.05) is 0 Å². The van der Waals surface area contributed by atoms with Crippen LogP contribution in [0.5, 0.6) is 0 Å². The van der Waals surface area contributed by atoms with Gasteiger partial charge >= 0.3 is 0 Å². The van der Waals surface area contributed by atoms with Gasteiger partial charge in [0.05, 0.1) is 17.3 Å². The van der Waals surface area contributed by atoms with Crippen LogP contribution in [0.2, 0.25) is 0 Å². The van der Waals surface area contributed by atoms with Crippen molar-refractivity contribution in [2.45, 2.75) is 12.5 Å². The van der Waals surface area contributed by atoms with Gasteiger partial charge in [-0.3, -0.25) is 9.67 Å². The molecular weight excluding hydrogens is 236 g/mol. The Morgan fingerprint density at radius 1 is 1.16 bits per heavy atom. The molecule has 2 heterocycles. The van der Waals surface area contributed by atoms with E-state index in [0.29, 0.717) is 6.42 Å². The van der Waals surface area contributed by atoms with Crippen LogP contribution < -0.4 is 5.73 Å². The van der Waals surface area contributed by atoms with Gasteiger partial charge in [-0.25, -0.2) is 0 Å². The summed E-state index contributed by atoms with van der Waals surface area (Å²) in [6.07, 6.45) is 2.48. The van der Waals surface area contributed by atoms with E-state index in [2.05, 4.69) is 22.2 Å². The molecule has 0 bridgehead atoms.